The van der Waals surface area contributed by atoms with Crippen LogP contribution in [0.4, 0.5) is 0 Å². The minimum Gasteiger partial charge on any atom is -0.481 e. The predicted octanol–water partition coefficient (Wildman–Crippen LogP) is 11.9. The molecular formula is C36H68O4. The summed E-state index contributed by atoms with van der Waals surface area (Å²) in [7, 11) is 0. The summed E-state index contributed by atoms with van der Waals surface area (Å²) < 4.78 is 5.96. The number of carbonyl (C=O) groups is 2. The highest BCUT2D eigenvalue weighted by molar-refractivity contribution is 5.69. The van der Waals surface area contributed by atoms with Crippen molar-refractivity contribution in [1.29, 1.82) is 0 Å². The van der Waals surface area contributed by atoms with Gasteiger partial charge in [0.25, 0.3) is 0 Å². The number of carbonyl (C=O) groups excluding carboxylic acids is 1. The van der Waals surface area contributed by atoms with E-state index in [0.717, 1.165) is 70.6 Å². The fourth-order valence-corrected chi connectivity index (χ4v) is 5.35. The number of esters is 1. The molecule has 0 aromatic carbocycles. The van der Waals surface area contributed by atoms with Crippen LogP contribution in [0.5, 0.6) is 0 Å². The minimum absolute atomic E-state index is 0.00211. The Morgan fingerprint density at radius 1 is 0.525 bits per heavy atom. The van der Waals surface area contributed by atoms with Crippen molar-refractivity contribution < 1.29 is 19.4 Å². The molecule has 40 heavy (non-hydrogen) atoms. The van der Waals surface area contributed by atoms with Crippen molar-refractivity contribution in [3.63, 3.8) is 0 Å². The summed E-state index contributed by atoms with van der Waals surface area (Å²) in [6.07, 6.45) is 38.0. The van der Waals surface area contributed by atoms with Crippen molar-refractivity contribution in [2.75, 3.05) is 0 Å². The Kier molecular flexibility index (Phi) is 31.1. The molecule has 0 spiro atoms. The standard InChI is InChI=1S/C36H68O4/c1-3-5-7-9-11-12-13-14-15-16-17-18-19-25-29-33-36(39)40-34(30-26-22-10-8-6-4-2)31-27-23-20-21-24-28-32-35(37)38/h14-15,34H,3-13,16-33H2,1-2H3,(H,37,38)/b15-14+. The Hall–Kier alpha value is -1.32. The Balaban J connectivity index is 3.93. The van der Waals surface area contributed by atoms with Gasteiger partial charge in [-0.1, -0.05) is 135 Å². The number of hydrogen-bond acceptors (Lipinski definition) is 3. The maximum absolute atomic E-state index is 12.5. The van der Waals surface area contributed by atoms with Crippen LogP contribution in [0.25, 0.3) is 0 Å². The van der Waals surface area contributed by atoms with Crippen LogP contribution in [0.3, 0.4) is 0 Å². The Morgan fingerprint density at radius 2 is 0.900 bits per heavy atom. The zero-order valence-corrected chi connectivity index (χ0v) is 26.9. The first-order valence-corrected chi connectivity index (χ1v) is 17.7. The normalized spacial score (nSPS) is 12.2. The predicted molar refractivity (Wildman–Crippen MR) is 172 cm³/mol. The van der Waals surface area contributed by atoms with Gasteiger partial charge in [-0.05, 0) is 64.2 Å². The fourth-order valence-electron chi connectivity index (χ4n) is 5.35. The molecule has 0 aliphatic carbocycles. The van der Waals surface area contributed by atoms with Gasteiger partial charge in [0.2, 0.25) is 0 Å². The van der Waals surface area contributed by atoms with Gasteiger partial charge in [-0.15, -0.1) is 0 Å². The Labute approximate surface area is 249 Å². The van der Waals surface area contributed by atoms with Gasteiger partial charge >= 0.3 is 11.9 Å². The SMILES string of the molecule is CCCCCCCC/C=C/CCCCCCCC(=O)OC(CCCCCCCC)CCCCCCCCC(=O)O. The lowest BCUT2D eigenvalue weighted by atomic mass is 10.0. The van der Waals surface area contributed by atoms with Crippen molar-refractivity contribution in [3.05, 3.63) is 12.2 Å². The van der Waals surface area contributed by atoms with Crippen molar-refractivity contribution in [3.8, 4) is 0 Å². The average Bonchev–Trinajstić information content (AvgIpc) is 2.93. The molecule has 0 saturated carbocycles. The molecule has 1 N–H and O–H groups in total. The summed E-state index contributed by atoms with van der Waals surface area (Å²) in [5.74, 6) is -0.691. The van der Waals surface area contributed by atoms with Gasteiger partial charge in [0.05, 0.1) is 0 Å². The van der Waals surface area contributed by atoms with Crippen molar-refractivity contribution >= 4 is 11.9 Å². The molecule has 0 heterocycles. The number of unbranched alkanes of at least 4 members (excludes halogenated alkanes) is 21. The molecular weight excluding hydrogens is 496 g/mol. The van der Waals surface area contributed by atoms with Crippen LogP contribution in [-0.4, -0.2) is 23.1 Å². The smallest absolute Gasteiger partial charge is 0.306 e. The van der Waals surface area contributed by atoms with Crippen molar-refractivity contribution in [2.45, 2.75) is 206 Å². The summed E-state index contributed by atoms with van der Waals surface area (Å²) in [5, 5.41) is 8.74. The molecule has 0 aliphatic rings. The minimum atomic E-state index is -0.693. The average molecular weight is 565 g/mol. The lowest BCUT2D eigenvalue weighted by Crippen LogP contribution is -2.18. The van der Waals surface area contributed by atoms with Crippen LogP contribution in [0.1, 0.15) is 200 Å². The summed E-state index contributed by atoms with van der Waals surface area (Å²) in [4.78, 5) is 23.2. The van der Waals surface area contributed by atoms with Crippen LogP contribution < -0.4 is 0 Å². The van der Waals surface area contributed by atoms with Gasteiger partial charge < -0.3 is 9.84 Å². The molecule has 0 saturated heterocycles. The monoisotopic (exact) mass is 565 g/mol. The van der Waals surface area contributed by atoms with E-state index < -0.39 is 5.97 Å². The van der Waals surface area contributed by atoms with Crippen LogP contribution in [0.15, 0.2) is 12.2 Å². The number of ether oxygens (including phenoxy) is 1. The zero-order chi connectivity index (χ0) is 29.4. The first-order chi connectivity index (χ1) is 19.6. The molecule has 236 valence electrons. The number of rotatable bonds is 32. The number of carboxylic acids is 1. The highest BCUT2D eigenvalue weighted by atomic mass is 16.5. The molecule has 0 bridgehead atoms. The zero-order valence-electron chi connectivity index (χ0n) is 26.9. The quantitative estimate of drug-likeness (QED) is 0.0501. The Morgan fingerprint density at radius 3 is 1.35 bits per heavy atom. The van der Waals surface area contributed by atoms with Gasteiger partial charge in [0.15, 0.2) is 0 Å². The van der Waals surface area contributed by atoms with Gasteiger partial charge in [-0.3, -0.25) is 9.59 Å². The van der Waals surface area contributed by atoms with E-state index in [0.29, 0.717) is 6.42 Å². The van der Waals surface area contributed by atoms with E-state index in [-0.39, 0.29) is 18.5 Å². The molecule has 0 radical (unpaired) electrons. The highest BCUT2D eigenvalue weighted by Gasteiger charge is 2.14. The van der Waals surface area contributed by atoms with Crippen LogP contribution >= 0.6 is 0 Å². The van der Waals surface area contributed by atoms with E-state index in [9.17, 15) is 9.59 Å². The van der Waals surface area contributed by atoms with E-state index in [1.54, 1.807) is 0 Å². The van der Waals surface area contributed by atoms with E-state index in [1.807, 2.05) is 0 Å². The van der Waals surface area contributed by atoms with E-state index >= 15 is 0 Å². The van der Waals surface area contributed by atoms with Crippen LogP contribution in [-0.2, 0) is 14.3 Å². The van der Waals surface area contributed by atoms with Gasteiger partial charge in [0.1, 0.15) is 6.10 Å². The second kappa shape index (κ2) is 32.2. The molecule has 0 rings (SSSR count). The molecule has 0 fully saturated rings. The number of hydrogen-bond donors (Lipinski definition) is 1. The molecule has 0 aromatic rings. The number of aliphatic carboxylic acids is 1. The lowest BCUT2D eigenvalue weighted by molar-refractivity contribution is -0.150. The lowest BCUT2D eigenvalue weighted by Gasteiger charge is -2.18. The maximum atomic E-state index is 12.5. The van der Waals surface area contributed by atoms with Gasteiger partial charge in [-0.25, -0.2) is 0 Å². The Bertz CT molecular complexity index is 571. The highest BCUT2D eigenvalue weighted by Crippen LogP contribution is 2.18. The second-order valence-electron chi connectivity index (χ2n) is 12.1. The summed E-state index contributed by atoms with van der Waals surface area (Å²) in [6.45, 7) is 4.52. The molecule has 0 aliphatic heterocycles. The van der Waals surface area contributed by atoms with E-state index in [2.05, 4.69) is 26.0 Å². The number of carboxylic acid groups (broad SMARTS) is 1. The summed E-state index contributed by atoms with van der Waals surface area (Å²) in [6, 6.07) is 0. The third-order valence-corrected chi connectivity index (χ3v) is 7.99. The van der Waals surface area contributed by atoms with Crippen molar-refractivity contribution in [2.24, 2.45) is 0 Å². The van der Waals surface area contributed by atoms with Crippen LogP contribution in [0, 0.1) is 0 Å². The molecule has 1 atom stereocenters. The van der Waals surface area contributed by atoms with Gasteiger partial charge in [-0.2, -0.15) is 0 Å². The van der Waals surface area contributed by atoms with Crippen molar-refractivity contribution in [1.82, 2.24) is 0 Å². The van der Waals surface area contributed by atoms with E-state index in [1.165, 1.54) is 103 Å². The fraction of sp³-hybridized carbons (Fsp3) is 0.889. The van der Waals surface area contributed by atoms with E-state index in [4.69, 9.17) is 9.84 Å². The number of allylic oxidation sites excluding steroid dienone is 2. The molecule has 4 nitrogen and oxygen atoms in total. The molecule has 0 amide bonds. The summed E-state index contributed by atoms with van der Waals surface area (Å²) in [5.41, 5.74) is 0. The van der Waals surface area contributed by atoms with Crippen LogP contribution in [0.2, 0.25) is 0 Å². The first-order valence-electron chi connectivity index (χ1n) is 17.7. The van der Waals surface area contributed by atoms with Gasteiger partial charge in [0, 0.05) is 12.8 Å². The molecule has 4 heteroatoms. The second-order valence-corrected chi connectivity index (χ2v) is 12.1. The molecule has 0 aromatic heterocycles. The maximum Gasteiger partial charge on any atom is 0.306 e. The third kappa shape index (κ3) is 31.2. The third-order valence-electron chi connectivity index (χ3n) is 7.99. The largest absolute Gasteiger partial charge is 0.481 e. The molecule has 1 unspecified atom stereocenters. The first kappa shape index (κ1) is 38.7. The summed E-state index contributed by atoms with van der Waals surface area (Å²) >= 11 is 0. The topological polar surface area (TPSA) is 63.6 Å².